The van der Waals surface area contributed by atoms with Crippen molar-refractivity contribution in [2.24, 2.45) is 0 Å². The van der Waals surface area contributed by atoms with Crippen LogP contribution in [-0.2, 0) is 24.1 Å². The Kier molecular flexibility index (Phi) is 6.51. The molecule has 0 aliphatic carbocycles. The van der Waals surface area contributed by atoms with Crippen LogP contribution in [-0.4, -0.2) is 41.5 Å². The summed E-state index contributed by atoms with van der Waals surface area (Å²) in [5, 5.41) is 2.50. The molecule has 1 heterocycles. The average molecular weight is 368 g/mol. The molecule has 0 saturated heterocycles. The van der Waals surface area contributed by atoms with Gasteiger partial charge in [-0.15, -0.1) is 0 Å². The number of hydrogen-bond acceptors (Lipinski definition) is 5. The number of amides is 1. The summed E-state index contributed by atoms with van der Waals surface area (Å²) in [6.45, 7) is 0.312. The van der Waals surface area contributed by atoms with Gasteiger partial charge in [0.25, 0.3) is 0 Å². The highest BCUT2D eigenvalue weighted by atomic mass is 19.4. The number of methoxy groups -OCH3 is 1. The second-order valence-electron chi connectivity index (χ2n) is 5.53. The lowest BCUT2D eigenvalue weighted by Gasteiger charge is -2.21. The van der Waals surface area contributed by atoms with Gasteiger partial charge in [0.15, 0.2) is 0 Å². The van der Waals surface area contributed by atoms with Gasteiger partial charge in [-0.25, -0.2) is 4.98 Å². The normalized spacial score (nSPS) is 11.5. The van der Waals surface area contributed by atoms with Gasteiger partial charge in [0.2, 0.25) is 11.8 Å². The monoisotopic (exact) mass is 368 g/mol. The molecule has 9 heteroatoms. The number of aromatic nitrogens is 2. The predicted octanol–water partition coefficient (Wildman–Crippen LogP) is 2.25. The van der Waals surface area contributed by atoms with Gasteiger partial charge in [0.05, 0.1) is 25.8 Å². The largest absolute Gasteiger partial charge is 0.481 e. The van der Waals surface area contributed by atoms with E-state index in [1.165, 1.54) is 26.4 Å². The number of benzene rings is 1. The molecule has 0 aliphatic heterocycles. The standard InChI is InChI=1S/C17H19F3N4O2/c1-21-15(25)11-24(10-14-22-7-6-16(23-14)26-2)9-12-4-3-5-13(8-12)17(18,19)20/h3-8H,9-11H2,1-2H3,(H,21,25). The van der Waals surface area contributed by atoms with Crippen molar-refractivity contribution < 1.29 is 22.7 Å². The molecule has 1 N–H and O–H groups in total. The number of carbonyl (C=O) groups excluding carboxylic acids is 1. The molecule has 2 aromatic rings. The minimum atomic E-state index is -4.42. The zero-order valence-corrected chi connectivity index (χ0v) is 14.4. The zero-order valence-electron chi connectivity index (χ0n) is 14.4. The van der Waals surface area contributed by atoms with Crippen molar-refractivity contribution in [1.29, 1.82) is 0 Å². The third kappa shape index (κ3) is 5.69. The van der Waals surface area contributed by atoms with Crippen molar-refractivity contribution in [2.75, 3.05) is 20.7 Å². The van der Waals surface area contributed by atoms with Crippen LogP contribution in [0.3, 0.4) is 0 Å². The Morgan fingerprint density at radius 2 is 2.04 bits per heavy atom. The predicted molar refractivity (Wildman–Crippen MR) is 88.2 cm³/mol. The van der Waals surface area contributed by atoms with Crippen molar-refractivity contribution >= 4 is 5.91 Å². The lowest BCUT2D eigenvalue weighted by molar-refractivity contribution is -0.137. The summed E-state index contributed by atoms with van der Waals surface area (Å²) in [5.41, 5.74) is -0.292. The molecule has 140 valence electrons. The Bertz CT molecular complexity index is 753. The van der Waals surface area contributed by atoms with Crippen LogP contribution >= 0.6 is 0 Å². The van der Waals surface area contributed by atoms with E-state index in [2.05, 4.69) is 15.3 Å². The Morgan fingerprint density at radius 1 is 1.27 bits per heavy atom. The number of nitrogens with zero attached hydrogens (tertiary/aromatic N) is 3. The fraction of sp³-hybridized carbons (Fsp3) is 0.353. The van der Waals surface area contributed by atoms with Gasteiger partial charge in [0.1, 0.15) is 5.82 Å². The number of alkyl halides is 3. The highest BCUT2D eigenvalue weighted by Crippen LogP contribution is 2.29. The molecular formula is C17H19F3N4O2. The maximum atomic E-state index is 12.9. The van der Waals surface area contributed by atoms with Crippen LogP contribution in [0.15, 0.2) is 36.5 Å². The fourth-order valence-electron chi connectivity index (χ4n) is 2.32. The van der Waals surface area contributed by atoms with Crippen LogP contribution in [0.2, 0.25) is 0 Å². The van der Waals surface area contributed by atoms with Crippen molar-refractivity contribution in [3.05, 3.63) is 53.5 Å². The molecule has 2 rings (SSSR count). The van der Waals surface area contributed by atoms with Crippen LogP contribution in [0.4, 0.5) is 13.2 Å². The number of ether oxygens (including phenoxy) is 1. The first-order chi connectivity index (χ1) is 12.3. The van der Waals surface area contributed by atoms with Gasteiger partial charge in [0, 0.05) is 25.9 Å². The third-order valence-electron chi connectivity index (χ3n) is 3.56. The first-order valence-corrected chi connectivity index (χ1v) is 7.77. The highest BCUT2D eigenvalue weighted by molar-refractivity contribution is 5.77. The quantitative estimate of drug-likeness (QED) is 0.812. The third-order valence-corrected chi connectivity index (χ3v) is 3.56. The van der Waals surface area contributed by atoms with Gasteiger partial charge in [-0.3, -0.25) is 9.69 Å². The molecule has 0 fully saturated rings. The molecule has 0 saturated carbocycles. The summed E-state index contributed by atoms with van der Waals surface area (Å²) in [4.78, 5) is 21.7. The van der Waals surface area contributed by atoms with Gasteiger partial charge >= 0.3 is 6.18 Å². The second-order valence-corrected chi connectivity index (χ2v) is 5.53. The maximum absolute atomic E-state index is 12.9. The topological polar surface area (TPSA) is 67.4 Å². The van der Waals surface area contributed by atoms with Gasteiger partial charge in [-0.05, 0) is 11.6 Å². The van der Waals surface area contributed by atoms with Crippen molar-refractivity contribution in [1.82, 2.24) is 20.2 Å². The SMILES string of the molecule is CNC(=O)CN(Cc1cccc(C(F)(F)F)c1)Cc1nccc(OC)n1. The lowest BCUT2D eigenvalue weighted by atomic mass is 10.1. The Hall–Kier alpha value is -2.68. The van der Waals surface area contributed by atoms with Crippen molar-refractivity contribution in [3.63, 3.8) is 0 Å². The summed E-state index contributed by atoms with van der Waals surface area (Å²) in [7, 11) is 2.96. The van der Waals surface area contributed by atoms with E-state index in [0.29, 0.717) is 17.3 Å². The summed E-state index contributed by atoms with van der Waals surface area (Å²) in [6, 6.07) is 6.59. The molecule has 0 bridgehead atoms. The number of hydrogen-bond donors (Lipinski definition) is 1. The number of rotatable bonds is 7. The van der Waals surface area contributed by atoms with Crippen LogP contribution in [0, 0.1) is 0 Å². The van der Waals surface area contributed by atoms with E-state index in [1.54, 1.807) is 17.0 Å². The van der Waals surface area contributed by atoms with Crippen LogP contribution in [0.5, 0.6) is 5.88 Å². The second kappa shape index (κ2) is 8.61. The Morgan fingerprint density at radius 3 is 2.69 bits per heavy atom. The summed E-state index contributed by atoms with van der Waals surface area (Å²) < 4.78 is 43.7. The number of likely N-dealkylation sites (N-methyl/N-ethyl adjacent to an activating group) is 1. The smallest absolute Gasteiger partial charge is 0.416 e. The van der Waals surface area contributed by atoms with E-state index in [4.69, 9.17) is 4.74 Å². The fourth-order valence-corrected chi connectivity index (χ4v) is 2.32. The van der Waals surface area contributed by atoms with Gasteiger partial charge in [-0.2, -0.15) is 18.2 Å². The summed E-state index contributed by atoms with van der Waals surface area (Å²) in [5.74, 6) is 0.508. The molecule has 1 amide bonds. The molecule has 6 nitrogen and oxygen atoms in total. The van der Waals surface area contributed by atoms with Crippen LogP contribution in [0.25, 0.3) is 0 Å². The molecule has 0 aliphatic rings. The van der Waals surface area contributed by atoms with Crippen molar-refractivity contribution in [2.45, 2.75) is 19.3 Å². The van der Waals surface area contributed by atoms with E-state index in [0.717, 1.165) is 12.1 Å². The van der Waals surface area contributed by atoms with Crippen molar-refractivity contribution in [3.8, 4) is 5.88 Å². The molecule has 1 aromatic heterocycles. The van der Waals surface area contributed by atoms with E-state index in [9.17, 15) is 18.0 Å². The molecule has 0 radical (unpaired) electrons. The number of halogens is 3. The minimum absolute atomic E-state index is 0.00663. The van der Waals surface area contributed by atoms with E-state index in [1.807, 2.05) is 0 Å². The van der Waals surface area contributed by atoms with Gasteiger partial charge < -0.3 is 10.1 Å². The zero-order chi connectivity index (χ0) is 19.2. The van der Waals surface area contributed by atoms with Crippen LogP contribution in [0.1, 0.15) is 17.0 Å². The average Bonchev–Trinajstić information content (AvgIpc) is 2.61. The number of nitrogens with one attached hydrogen (secondary N) is 1. The molecule has 0 unspecified atom stereocenters. The number of carbonyl (C=O) groups is 1. The summed E-state index contributed by atoms with van der Waals surface area (Å²) >= 11 is 0. The van der Waals surface area contributed by atoms with E-state index >= 15 is 0 Å². The minimum Gasteiger partial charge on any atom is -0.481 e. The van der Waals surface area contributed by atoms with Crippen LogP contribution < -0.4 is 10.1 Å². The Balaban J connectivity index is 2.20. The lowest BCUT2D eigenvalue weighted by Crippen LogP contribution is -2.35. The highest BCUT2D eigenvalue weighted by Gasteiger charge is 2.30. The summed E-state index contributed by atoms with van der Waals surface area (Å²) in [6.07, 6.45) is -2.90. The first-order valence-electron chi connectivity index (χ1n) is 7.77. The van der Waals surface area contributed by atoms with E-state index in [-0.39, 0.29) is 25.5 Å². The molecule has 1 aromatic carbocycles. The molecule has 0 spiro atoms. The maximum Gasteiger partial charge on any atom is 0.416 e. The molecule has 0 atom stereocenters. The van der Waals surface area contributed by atoms with Gasteiger partial charge in [-0.1, -0.05) is 18.2 Å². The molecular weight excluding hydrogens is 349 g/mol. The van der Waals surface area contributed by atoms with E-state index < -0.39 is 11.7 Å². The first kappa shape index (κ1) is 19.6. The Labute approximate surface area is 149 Å². The molecule has 26 heavy (non-hydrogen) atoms.